The van der Waals surface area contributed by atoms with E-state index >= 15 is 0 Å². The molecule has 1 fully saturated rings. The zero-order valence-electron chi connectivity index (χ0n) is 17.5. The summed E-state index contributed by atoms with van der Waals surface area (Å²) in [7, 11) is 1.70. The third kappa shape index (κ3) is 5.23. The van der Waals surface area contributed by atoms with Crippen molar-refractivity contribution in [3.63, 3.8) is 0 Å². The number of pyridine rings is 1. The highest BCUT2D eigenvalue weighted by molar-refractivity contribution is 5.90. The Balaban J connectivity index is 0.00000306. The first kappa shape index (κ1) is 24.0. The summed E-state index contributed by atoms with van der Waals surface area (Å²) in [6.45, 7) is 0.229. The molecule has 1 atom stereocenters. The molecule has 1 aliphatic rings. The second kappa shape index (κ2) is 10.3. The molecule has 1 aliphatic heterocycles. The molecule has 0 bridgehead atoms. The van der Waals surface area contributed by atoms with Crippen molar-refractivity contribution in [2.24, 2.45) is 12.8 Å². The van der Waals surface area contributed by atoms with E-state index in [0.29, 0.717) is 28.3 Å². The first-order valence-corrected chi connectivity index (χ1v) is 9.79. The maximum Gasteiger partial charge on any atom is 0.414 e. The fraction of sp³-hybridized carbons (Fsp3) is 0.300. The van der Waals surface area contributed by atoms with Crippen LogP contribution in [0.1, 0.15) is 6.42 Å². The largest absolute Gasteiger partial charge is 0.462 e. The Bertz CT molecular complexity index is 1140. The monoisotopic (exact) mass is 477 g/mol. The van der Waals surface area contributed by atoms with Crippen LogP contribution in [0.3, 0.4) is 0 Å². The van der Waals surface area contributed by atoms with E-state index in [1.54, 1.807) is 31.3 Å². The van der Waals surface area contributed by atoms with Crippen molar-refractivity contribution in [2.45, 2.75) is 12.5 Å². The number of tetrazole rings is 1. The number of hydrogen-bond acceptors (Lipinski definition) is 9. The number of hydrogen-bond donors (Lipinski definition) is 1. The molecule has 0 radical (unpaired) electrons. The number of carbonyl (C=O) groups is 2. The highest BCUT2D eigenvalue weighted by Crippen LogP contribution is 2.29. The van der Waals surface area contributed by atoms with Gasteiger partial charge in [-0.1, -0.05) is 6.07 Å². The van der Waals surface area contributed by atoms with E-state index in [1.807, 2.05) is 0 Å². The number of amides is 1. The summed E-state index contributed by atoms with van der Waals surface area (Å²) in [5, 5.41) is 11.2. The van der Waals surface area contributed by atoms with Crippen LogP contribution in [0.25, 0.3) is 22.6 Å². The standard InChI is InChI=1S/C20H20FN7O4.ClH/c1-27-19(24-25-26-27)17-5-2-12(9-23-17)15-4-3-13(8-16(15)21)28-10-14(32-20(28)30)11-31-18(29)6-7-22;/h2-5,8-9,14H,6-7,10-11,22H2,1H3;1H/t14-;/m1./s1. The van der Waals surface area contributed by atoms with Crippen LogP contribution in [0.15, 0.2) is 36.5 Å². The van der Waals surface area contributed by atoms with Crippen LogP contribution in [0, 0.1) is 5.82 Å². The van der Waals surface area contributed by atoms with Gasteiger partial charge >= 0.3 is 12.1 Å². The minimum Gasteiger partial charge on any atom is -0.462 e. The van der Waals surface area contributed by atoms with Crippen LogP contribution in [0.4, 0.5) is 14.9 Å². The lowest BCUT2D eigenvalue weighted by atomic mass is 10.1. The predicted molar refractivity (Wildman–Crippen MR) is 117 cm³/mol. The molecule has 4 rings (SSSR count). The molecule has 13 heteroatoms. The molecular formula is C20H21ClFN7O4. The van der Waals surface area contributed by atoms with Crippen LogP contribution in [-0.4, -0.2) is 63.1 Å². The summed E-state index contributed by atoms with van der Waals surface area (Å²) in [6.07, 6.45) is 0.333. The van der Waals surface area contributed by atoms with E-state index in [0.717, 1.165) is 0 Å². The number of esters is 1. The summed E-state index contributed by atoms with van der Waals surface area (Å²) in [5.74, 6) is -0.501. The number of nitrogens with zero attached hydrogens (tertiary/aromatic N) is 6. The van der Waals surface area contributed by atoms with Crippen molar-refractivity contribution in [1.29, 1.82) is 0 Å². The Labute approximate surface area is 194 Å². The number of carbonyl (C=O) groups excluding carboxylic acids is 2. The van der Waals surface area contributed by atoms with E-state index in [4.69, 9.17) is 15.2 Å². The smallest absolute Gasteiger partial charge is 0.414 e. The zero-order chi connectivity index (χ0) is 22.7. The topological polar surface area (TPSA) is 138 Å². The highest BCUT2D eigenvalue weighted by atomic mass is 35.5. The van der Waals surface area contributed by atoms with Crippen molar-refractivity contribution < 1.29 is 23.5 Å². The Hall–Kier alpha value is -3.64. The van der Waals surface area contributed by atoms with Crippen molar-refractivity contribution >= 4 is 30.2 Å². The van der Waals surface area contributed by atoms with E-state index in [1.165, 1.54) is 21.8 Å². The van der Waals surface area contributed by atoms with Gasteiger partial charge in [0.1, 0.15) is 18.1 Å². The lowest BCUT2D eigenvalue weighted by Crippen LogP contribution is -2.27. The second-order valence-electron chi connectivity index (χ2n) is 7.06. The lowest BCUT2D eigenvalue weighted by molar-refractivity contribution is -0.145. The molecule has 3 heterocycles. The molecule has 0 spiro atoms. The fourth-order valence-electron chi connectivity index (χ4n) is 3.23. The summed E-state index contributed by atoms with van der Waals surface area (Å²) in [4.78, 5) is 29.2. The molecule has 2 aromatic heterocycles. The number of rotatable bonds is 7. The zero-order valence-corrected chi connectivity index (χ0v) is 18.4. The minimum atomic E-state index is -0.640. The Kier molecular flexibility index (Phi) is 7.51. The van der Waals surface area contributed by atoms with Gasteiger partial charge in [0.2, 0.25) is 0 Å². The average Bonchev–Trinajstić information content (AvgIpc) is 3.38. The number of benzene rings is 1. The normalized spacial score (nSPS) is 15.2. The first-order chi connectivity index (χ1) is 15.5. The van der Waals surface area contributed by atoms with Crippen LogP contribution >= 0.6 is 12.4 Å². The fourth-order valence-corrected chi connectivity index (χ4v) is 3.23. The van der Waals surface area contributed by atoms with Crippen molar-refractivity contribution in [1.82, 2.24) is 25.2 Å². The van der Waals surface area contributed by atoms with Crippen molar-refractivity contribution in [2.75, 3.05) is 24.6 Å². The molecule has 0 saturated carbocycles. The minimum absolute atomic E-state index is 0. The third-order valence-corrected chi connectivity index (χ3v) is 4.84. The molecule has 0 unspecified atom stereocenters. The molecule has 174 valence electrons. The molecule has 3 aromatic rings. The number of aromatic nitrogens is 5. The van der Waals surface area contributed by atoms with E-state index in [-0.39, 0.29) is 38.5 Å². The van der Waals surface area contributed by atoms with E-state index < -0.39 is 24.0 Å². The van der Waals surface area contributed by atoms with Gasteiger partial charge in [0.05, 0.1) is 18.7 Å². The van der Waals surface area contributed by atoms with Gasteiger partial charge in [0.15, 0.2) is 11.9 Å². The first-order valence-electron chi connectivity index (χ1n) is 9.79. The van der Waals surface area contributed by atoms with Gasteiger partial charge in [-0.2, -0.15) is 0 Å². The Morgan fingerprint density at radius 2 is 2.15 bits per heavy atom. The lowest BCUT2D eigenvalue weighted by Gasteiger charge is -2.14. The summed E-state index contributed by atoms with van der Waals surface area (Å²) >= 11 is 0. The van der Waals surface area contributed by atoms with Gasteiger partial charge in [0.25, 0.3) is 0 Å². The Morgan fingerprint density at radius 1 is 1.33 bits per heavy atom. The predicted octanol–water partition coefficient (Wildman–Crippen LogP) is 1.72. The summed E-state index contributed by atoms with van der Waals surface area (Å²) < 4.78 is 26.6. The van der Waals surface area contributed by atoms with E-state index in [2.05, 4.69) is 20.5 Å². The van der Waals surface area contributed by atoms with Crippen molar-refractivity contribution in [3.8, 4) is 22.6 Å². The van der Waals surface area contributed by atoms with Crippen LogP contribution in [-0.2, 0) is 21.3 Å². The average molecular weight is 478 g/mol. The molecule has 1 saturated heterocycles. The number of aryl methyl sites for hydroxylation is 1. The SMILES string of the molecule is Cl.Cn1nnnc1-c1ccc(-c2ccc(N3C[C@H](COC(=O)CCN)OC3=O)cc2F)cn1. The highest BCUT2D eigenvalue weighted by Gasteiger charge is 2.33. The second-order valence-corrected chi connectivity index (χ2v) is 7.06. The third-order valence-electron chi connectivity index (χ3n) is 4.84. The van der Waals surface area contributed by atoms with Gasteiger partial charge < -0.3 is 15.2 Å². The van der Waals surface area contributed by atoms with Crippen LogP contribution < -0.4 is 10.6 Å². The number of halogens is 2. The maximum atomic E-state index is 14.9. The summed E-state index contributed by atoms with van der Waals surface area (Å²) in [6, 6.07) is 7.84. The quantitative estimate of drug-likeness (QED) is 0.504. The number of anilines is 1. The Morgan fingerprint density at radius 3 is 2.79 bits per heavy atom. The van der Waals surface area contributed by atoms with Crippen molar-refractivity contribution in [3.05, 3.63) is 42.3 Å². The maximum absolute atomic E-state index is 14.9. The summed E-state index contributed by atoms with van der Waals surface area (Å²) in [5.41, 5.74) is 7.06. The van der Waals surface area contributed by atoms with Gasteiger partial charge in [0, 0.05) is 30.9 Å². The van der Waals surface area contributed by atoms with Gasteiger partial charge in [-0.15, -0.1) is 17.5 Å². The van der Waals surface area contributed by atoms with Gasteiger partial charge in [-0.25, -0.2) is 13.9 Å². The van der Waals surface area contributed by atoms with Gasteiger partial charge in [-0.05, 0) is 34.7 Å². The molecular weight excluding hydrogens is 457 g/mol. The molecule has 0 aliphatic carbocycles. The molecule has 33 heavy (non-hydrogen) atoms. The molecule has 1 amide bonds. The molecule has 2 N–H and O–H groups in total. The number of nitrogens with two attached hydrogens (primary N) is 1. The van der Waals surface area contributed by atoms with Crippen LogP contribution in [0.2, 0.25) is 0 Å². The number of ether oxygens (including phenoxy) is 2. The number of cyclic esters (lactones) is 1. The van der Waals surface area contributed by atoms with Crippen LogP contribution in [0.5, 0.6) is 0 Å². The molecule has 1 aromatic carbocycles. The van der Waals surface area contributed by atoms with E-state index in [9.17, 15) is 14.0 Å². The van der Waals surface area contributed by atoms with Gasteiger partial charge in [-0.3, -0.25) is 14.7 Å². The molecule has 11 nitrogen and oxygen atoms in total.